The van der Waals surface area contributed by atoms with Gasteiger partial charge in [0.05, 0.1) is 52.6 Å². The number of aryl methyl sites for hydroxylation is 1. The Labute approximate surface area is 237 Å². The Kier molecular flexibility index (Phi) is 5.98. The molecule has 3 aromatic rings. The molecule has 1 saturated carbocycles. The Bertz CT molecular complexity index is 1580. The predicted molar refractivity (Wildman–Crippen MR) is 143 cm³/mol. The van der Waals surface area contributed by atoms with Crippen molar-refractivity contribution in [3.05, 3.63) is 28.0 Å². The van der Waals surface area contributed by atoms with Crippen LogP contribution in [0.15, 0.2) is 6.07 Å². The van der Waals surface area contributed by atoms with Gasteiger partial charge in [0.25, 0.3) is 0 Å². The van der Waals surface area contributed by atoms with Crippen molar-refractivity contribution in [1.82, 2.24) is 20.3 Å². The molecule has 14 heteroatoms. The average Bonchev–Trinajstić information content (AvgIpc) is 3.46. The molecule has 4 aliphatic heterocycles. The SMILES string of the molecule is Cc1cc(N)nc(-c2c(Cl)c3c4c(nc(OCC56COC(C5)C6)nc4c2F)N(C)C2CNCCC2O3)c1C(F)(F)F. The minimum absolute atomic E-state index is 0.000454. The second-order valence-electron chi connectivity index (χ2n) is 11.4. The van der Waals surface area contributed by atoms with Gasteiger partial charge in [0.15, 0.2) is 11.6 Å². The number of nitrogen functional groups attached to an aromatic ring is 1. The minimum atomic E-state index is -4.87. The fraction of sp³-hybridized carbons (Fsp3) is 0.519. The van der Waals surface area contributed by atoms with Crippen molar-refractivity contribution in [1.29, 1.82) is 0 Å². The van der Waals surface area contributed by atoms with Crippen LogP contribution in [0, 0.1) is 18.2 Å². The van der Waals surface area contributed by atoms with E-state index in [9.17, 15) is 13.2 Å². The summed E-state index contributed by atoms with van der Waals surface area (Å²) in [5.41, 5.74) is 2.74. The van der Waals surface area contributed by atoms with Gasteiger partial charge in [-0.25, -0.2) is 9.37 Å². The Morgan fingerprint density at radius 3 is 2.76 bits per heavy atom. The fourth-order valence-electron chi connectivity index (χ4n) is 6.57. The number of nitrogens with two attached hydrogens (primary N) is 1. The minimum Gasteiger partial charge on any atom is -0.486 e. The zero-order valence-corrected chi connectivity index (χ0v) is 23.0. The van der Waals surface area contributed by atoms with E-state index in [2.05, 4.69) is 20.3 Å². The number of ether oxygens (including phenoxy) is 3. The summed E-state index contributed by atoms with van der Waals surface area (Å²) in [6, 6.07) is 0.762. The lowest BCUT2D eigenvalue weighted by Crippen LogP contribution is -2.54. The summed E-state index contributed by atoms with van der Waals surface area (Å²) >= 11 is 6.77. The monoisotopic (exact) mass is 594 g/mol. The Hall–Kier alpha value is -3.16. The molecule has 8 rings (SSSR count). The molecule has 2 bridgehead atoms. The van der Waals surface area contributed by atoms with E-state index in [0.717, 1.165) is 18.9 Å². The van der Waals surface area contributed by atoms with Crippen molar-refractivity contribution in [2.24, 2.45) is 5.41 Å². The number of pyridine rings is 1. The van der Waals surface area contributed by atoms with Gasteiger partial charge in [-0.3, -0.25) is 0 Å². The maximum Gasteiger partial charge on any atom is 0.418 e. The molecule has 2 aromatic heterocycles. The molecule has 5 aliphatic rings. The van der Waals surface area contributed by atoms with Gasteiger partial charge in [0.2, 0.25) is 0 Å². The highest BCUT2D eigenvalue weighted by molar-refractivity contribution is 6.36. The highest BCUT2D eigenvalue weighted by Gasteiger charge is 2.52. The number of piperidine rings is 1. The Morgan fingerprint density at radius 1 is 1.27 bits per heavy atom. The van der Waals surface area contributed by atoms with E-state index >= 15 is 4.39 Å². The number of halogens is 5. The number of nitrogens with zero attached hydrogens (tertiary/aromatic N) is 4. The van der Waals surface area contributed by atoms with E-state index in [0.29, 0.717) is 31.9 Å². The molecule has 1 aliphatic carbocycles. The van der Waals surface area contributed by atoms with E-state index in [1.807, 2.05) is 4.90 Å². The second-order valence-corrected chi connectivity index (χ2v) is 11.8. The van der Waals surface area contributed by atoms with E-state index < -0.39 is 34.9 Å². The molecule has 3 saturated heterocycles. The molecule has 4 fully saturated rings. The fourth-order valence-corrected chi connectivity index (χ4v) is 6.89. The summed E-state index contributed by atoms with van der Waals surface area (Å²) in [5.74, 6) is -1.00. The molecule has 6 heterocycles. The summed E-state index contributed by atoms with van der Waals surface area (Å²) in [6.07, 6.45) is -2.75. The molecule has 2 unspecified atom stereocenters. The van der Waals surface area contributed by atoms with Crippen molar-refractivity contribution < 1.29 is 31.8 Å². The van der Waals surface area contributed by atoms with Gasteiger partial charge in [-0.2, -0.15) is 23.1 Å². The van der Waals surface area contributed by atoms with Gasteiger partial charge in [-0.1, -0.05) is 11.6 Å². The quantitative estimate of drug-likeness (QED) is 0.422. The summed E-state index contributed by atoms with van der Waals surface area (Å²) < 4.78 is 77.6. The van der Waals surface area contributed by atoms with Crippen LogP contribution in [0.2, 0.25) is 5.02 Å². The number of fused-ring (bicyclic) bond motifs is 2. The third-order valence-electron chi connectivity index (χ3n) is 8.64. The molecule has 1 aromatic carbocycles. The van der Waals surface area contributed by atoms with Crippen LogP contribution in [-0.2, 0) is 10.9 Å². The molecule has 0 amide bonds. The van der Waals surface area contributed by atoms with Crippen molar-refractivity contribution in [3.8, 4) is 23.0 Å². The first-order valence-corrected chi connectivity index (χ1v) is 13.8. The van der Waals surface area contributed by atoms with Crippen LogP contribution in [0.25, 0.3) is 22.2 Å². The van der Waals surface area contributed by atoms with Crippen LogP contribution >= 0.6 is 11.6 Å². The number of aromatic nitrogens is 3. The predicted octanol–water partition coefficient (Wildman–Crippen LogP) is 4.51. The van der Waals surface area contributed by atoms with Crippen LogP contribution < -0.4 is 25.4 Å². The van der Waals surface area contributed by atoms with Crippen LogP contribution in [-0.4, -0.2) is 66.6 Å². The zero-order chi connectivity index (χ0) is 28.8. The van der Waals surface area contributed by atoms with Gasteiger partial charge in [0.1, 0.15) is 23.3 Å². The van der Waals surface area contributed by atoms with Crippen LogP contribution in [0.3, 0.4) is 0 Å². The summed E-state index contributed by atoms with van der Waals surface area (Å²) in [7, 11) is 1.80. The summed E-state index contributed by atoms with van der Waals surface area (Å²) in [6.45, 7) is 3.26. The normalized spacial score (nSPS) is 26.8. The molecule has 3 N–H and O–H groups in total. The molecule has 9 nitrogen and oxygen atoms in total. The molecule has 0 spiro atoms. The van der Waals surface area contributed by atoms with E-state index in [4.69, 9.17) is 31.5 Å². The first-order chi connectivity index (χ1) is 19.5. The third kappa shape index (κ3) is 4.15. The van der Waals surface area contributed by atoms with Crippen molar-refractivity contribution in [2.45, 2.75) is 50.6 Å². The smallest absolute Gasteiger partial charge is 0.418 e. The van der Waals surface area contributed by atoms with E-state index in [1.54, 1.807) is 7.05 Å². The Morgan fingerprint density at radius 2 is 2.05 bits per heavy atom. The van der Waals surface area contributed by atoms with Gasteiger partial charge < -0.3 is 30.2 Å². The number of hydrogen-bond donors (Lipinski definition) is 2. The number of anilines is 2. The lowest BCUT2D eigenvalue weighted by atomic mass is 9.71. The highest BCUT2D eigenvalue weighted by Crippen LogP contribution is 2.52. The first kappa shape index (κ1) is 26.7. The average molecular weight is 595 g/mol. The lowest BCUT2D eigenvalue weighted by molar-refractivity contribution is -0.137. The number of nitrogens with one attached hydrogen (secondary N) is 1. The number of benzene rings is 1. The van der Waals surface area contributed by atoms with Crippen LogP contribution in [0.1, 0.15) is 30.4 Å². The summed E-state index contributed by atoms with van der Waals surface area (Å²) in [5, 5.41) is 3.12. The standard InChI is InChI=1S/C27H27ClF4N6O3/c1-11-5-15(33)35-21(18(11)27(30,31)32)16-19(28)23-17-22(20(16)29)36-25(40-10-26-6-12(7-26)39-9-26)37-24(17)38(2)13-8-34-4-3-14(13)41-23/h5,12-14,34H,3-4,6-10H2,1-2H3,(H2,33,35). The van der Waals surface area contributed by atoms with Crippen LogP contribution in [0.5, 0.6) is 11.8 Å². The van der Waals surface area contributed by atoms with Gasteiger partial charge >= 0.3 is 12.2 Å². The molecule has 2 atom stereocenters. The zero-order valence-electron chi connectivity index (χ0n) is 22.2. The lowest BCUT2D eigenvalue weighted by Gasteiger charge is -2.36. The molecular weight excluding hydrogens is 568 g/mol. The van der Waals surface area contributed by atoms with Crippen molar-refractivity contribution in [2.75, 3.05) is 44.0 Å². The highest BCUT2D eigenvalue weighted by atomic mass is 35.5. The van der Waals surface area contributed by atoms with Gasteiger partial charge in [-0.05, 0) is 44.4 Å². The first-order valence-electron chi connectivity index (χ1n) is 13.4. The number of alkyl halides is 3. The largest absolute Gasteiger partial charge is 0.486 e. The number of hydrogen-bond acceptors (Lipinski definition) is 9. The van der Waals surface area contributed by atoms with Gasteiger partial charge in [-0.15, -0.1) is 0 Å². The van der Waals surface area contributed by atoms with Gasteiger partial charge in [0, 0.05) is 19.0 Å². The van der Waals surface area contributed by atoms with Crippen molar-refractivity contribution in [3.63, 3.8) is 0 Å². The van der Waals surface area contributed by atoms with E-state index in [1.165, 1.54) is 6.92 Å². The van der Waals surface area contributed by atoms with E-state index in [-0.39, 0.29) is 63.2 Å². The second kappa shape index (κ2) is 9.17. The number of rotatable bonds is 4. The van der Waals surface area contributed by atoms with Crippen molar-refractivity contribution >= 4 is 34.1 Å². The third-order valence-corrected chi connectivity index (χ3v) is 9.00. The molecule has 0 radical (unpaired) electrons. The molecular formula is C27H27ClF4N6O3. The number of likely N-dealkylation sites (N-methyl/N-ethyl adjacent to an activating group) is 1. The Balaban J connectivity index is 1.47. The summed E-state index contributed by atoms with van der Waals surface area (Å²) in [4.78, 5) is 14.8. The molecule has 41 heavy (non-hydrogen) atoms. The van der Waals surface area contributed by atoms with Crippen LogP contribution in [0.4, 0.5) is 29.2 Å². The maximum absolute atomic E-state index is 16.6. The maximum atomic E-state index is 16.6. The molecule has 218 valence electrons. The topological polar surface area (TPSA) is 108 Å².